The molecule has 1 amide bonds. The second kappa shape index (κ2) is 7.79. The number of carbonyl (C=O) groups is 1. The van der Waals surface area contributed by atoms with Gasteiger partial charge in [0.15, 0.2) is 0 Å². The molecule has 1 aromatic rings. The molecule has 0 aliphatic carbocycles. The number of piperazine rings is 1. The average molecular weight is 353 g/mol. The molecule has 0 aromatic heterocycles. The van der Waals surface area contributed by atoms with Crippen molar-refractivity contribution in [2.75, 3.05) is 26.2 Å². The van der Waals surface area contributed by atoms with Gasteiger partial charge in [-0.15, -0.1) is 0 Å². The van der Waals surface area contributed by atoms with E-state index in [1.807, 2.05) is 27.7 Å². The van der Waals surface area contributed by atoms with Gasteiger partial charge < -0.3 is 10.6 Å². The zero-order valence-electron chi connectivity index (χ0n) is 15.6. The van der Waals surface area contributed by atoms with Crippen LogP contribution in [0.5, 0.6) is 0 Å². The van der Waals surface area contributed by atoms with Gasteiger partial charge in [0.1, 0.15) is 11.6 Å². The number of carbonyl (C=O) groups excluding carboxylic acids is 1. The van der Waals surface area contributed by atoms with Gasteiger partial charge in [-0.25, -0.2) is 8.78 Å². The molecule has 1 saturated heterocycles. The second-order valence-corrected chi connectivity index (χ2v) is 7.79. The Hall–Kier alpha value is -1.53. The molecule has 0 bridgehead atoms. The fourth-order valence-electron chi connectivity index (χ4n) is 3.27. The van der Waals surface area contributed by atoms with Gasteiger partial charge in [0.25, 0.3) is 0 Å². The lowest BCUT2D eigenvalue weighted by Crippen LogP contribution is -2.56. The molecule has 2 N–H and O–H groups in total. The number of halogens is 2. The maximum atomic E-state index is 14.1. The predicted octanol–water partition coefficient (Wildman–Crippen LogP) is 2.93. The van der Waals surface area contributed by atoms with E-state index in [2.05, 4.69) is 4.90 Å². The fourth-order valence-corrected chi connectivity index (χ4v) is 3.27. The first-order valence-corrected chi connectivity index (χ1v) is 8.88. The van der Waals surface area contributed by atoms with Crippen LogP contribution in [0, 0.1) is 17.0 Å². The summed E-state index contributed by atoms with van der Waals surface area (Å²) in [5.41, 5.74) is 6.31. The van der Waals surface area contributed by atoms with Crippen LogP contribution in [0.2, 0.25) is 0 Å². The van der Waals surface area contributed by atoms with Crippen molar-refractivity contribution in [1.82, 2.24) is 9.80 Å². The zero-order valence-corrected chi connectivity index (χ0v) is 15.6. The predicted molar refractivity (Wildman–Crippen MR) is 95.0 cm³/mol. The molecular weight excluding hydrogens is 324 g/mol. The summed E-state index contributed by atoms with van der Waals surface area (Å²) in [6.07, 6.45) is 0.720. The normalized spacial score (nSPS) is 18.9. The first-order chi connectivity index (χ1) is 11.6. The lowest BCUT2D eigenvalue weighted by atomic mass is 9.86. The number of hydrogen-bond acceptors (Lipinski definition) is 3. The third-order valence-electron chi connectivity index (χ3n) is 4.97. The molecule has 140 valence electrons. The van der Waals surface area contributed by atoms with E-state index in [0.29, 0.717) is 31.7 Å². The minimum absolute atomic E-state index is 0.0341. The van der Waals surface area contributed by atoms with Crippen LogP contribution in [0.4, 0.5) is 8.78 Å². The van der Waals surface area contributed by atoms with Crippen molar-refractivity contribution in [2.24, 2.45) is 11.1 Å². The monoisotopic (exact) mass is 353 g/mol. The fraction of sp³-hybridized carbons (Fsp3) is 0.632. The minimum Gasteiger partial charge on any atom is -0.339 e. The molecule has 1 heterocycles. The van der Waals surface area contributed by atoms with Gasteiger partial charge in [-0.1, -0.05) is 33.8 Å². The summed E-state index contributed by atoms with van der Waals surface area (Å²) >= 11 is 0. The van der Waals surface area contributed by atoms with Crippen molar-refractivity contribution < 1.29 is 13.6 Å². The molecule has 25 heavy (non-hydrogen) atoms. The van der Waals surface area contributed by atoms with Crippen molar-refractivity contribution in [3.63, 3.8) is 0 Å². The highest BCUT2D eigenvalue weighted by Gasteiger charge is 2.34. The molecule has 1 aromatic carbocycles. The number of hydrogen-bond donors (Lipinski definition) is 1. The molecular formula is C19H29F2N3O. The van der Waals surface area contributed by atoms with Gasteiger partial charge in [-0.3, -0.25) is 9.69 Å². The quantitative estimate of drug-likeness (QED) is 0.905. The van der Waals surface area contributed by atoms with Crippen LogP contribution in [-0.2, 0) is 4.79 Å². The average Bonchev–Trinajstić information content (AvgIpc) is 2.56. The van der Waals surface area contributed by atoms with Gasteiger partial charge in [-0.2, -0.15) is 0 Å². The SMILES string of the molecule is CCC(c1ccc(F)cc1F)N1CCN(C(=O)[C@@H](N)C(C)(C)C)CC1. The Morgan fingerprint density at radius 2 is 1.80 bits per heavy atom. The summed E-state index contributed by atoms with van der Waals surface area (Å²) in [4.78, 5) is 16.5. The Balaban J connectivity index is 2.04. The molecule has 1 unspecified atom stereocenters. The third-order valence-corrected chi connectivity index (χ3v) is 4.97. The van der Waals surface area contributed by atoms with Crippen LogP contribution in [0.3, 0.4) is 0 Å². The van der Waals surface area contributed by atoms with E-state index in [9.17, 15) is 13.6 Å². The lowest BCUT2D eigenvalue weighted by Gasteiger charge is -2.41. The largest absolute Gasteiger partial charge is 0.339 e. The van der Waals surface area contributed by atoms with E-state index in [4.69, 9.17) is 5.73 Å². The Labute approximate surface area is 149 Å². The van der Waals surface area contributed by atoms with Crippen molar-refractivity contribution in [3.05, 3.63) is 35.4 Å². The van der Waals surface area contributed by atoms with Crippen LogP contribution in [0.1, 0.15) is 45.7 Å². The van der Waals surface area contributed by atoms with E-state index in [-0.39, 0.29) is 17.4 Å². The lowest BCUT2D eigenvalue weighted by molar-refractivity contribution is -0.137. The smallest absolute Gasteiger partial charge is 0.240 e. The van der Waals surface area contributed by atoms with Crippen LogP contribution in [0.25, 0.3) is 0 Å². The first-order valence-electron chi connectivity index (χ1n) is 8.88. The summed E-state index contributed by atoms with van der Waals surface area (Å²) in [5.74, 6) is -1.11. The van der Waals surface area contributed by atoms with E-state index < -0.39 is 17.7 Å². The highest BCUT2D eigenvalue weighted by atomic mass is 19.1. The topological polar surface area (TPSA) is 49.6 Å². The standard InChI is InChI=1S/C19H29F2N3O/c1-5-16(14-7-6-13(20)12-15(14)21)23-8-10-24(11-9-23)18(25)17(22)19(2,3)4/h6-7,12,16-17H,5,8-11,22H2,1-4H3/t16?,17-/m1/s1. The molecule has 4 nitrogen and oxygen atoms in total. The third kappa shape index (κ3) is 4.55. The molecule has 1 fully saturated rings. The van der Waals surface area contributed by atoms with E-state index in [1.54, 1.807) is 4.90 Å². The highest BCUT2D eigenvalue weighted by molar-refractivity contribution is 5.82. The molecule has 1 aliphatic heterocycles. The highest BCUT2D eigenvalue weighted by Crippen LogP contribution is 2.28. The maximum absolute atomic E-state index is 14.1. The Kier molecular flexibility index (Phi) is 6.16. The molecule has 1 aliphatic rings. The van der Waals surface area contributed by atoms with Crippen molar-refractivity contribution in [3.8, 4) is 0 Å². The maximum Gasteiger partial charge on any atom is 0.240 e. The van der Waals surface area contributed by atoms with Crippen molar-refractivity contribution in [1.29, 1.82) is 0 Å². The van der Waals surface area contributed by atoms with Crippen LogP contribution >= 0.6 is 0 Å². The van der Waals surface area contributed by atoms with Gasteiger partial charge in [0.2, 0.25) is 5.91 Å². The number of nitrogens with two attached hydrogens (primary N) is 1. The summed E-state index contributed by atoms with van der Waals surface area (Å²) in [7, 11) is 0. The molecule has 0 radical (unpaired) electrons. The van der Waals surface area contributed by atoms with E-state index in [1.165, 1.54) is 12.1 Å². The molecule has 0 saturated carbocycles. The van der Waals surface area contributed by atoms with Gasteiger partial charge in [0.05, 0.1) is 6.04 Å². The Morgan fingerprint density at radius 1 is 1.20 bits per heavy atom. The number of nitrogens with zero attached hydrogens (tertiary/aromatic N) is 2. The number of amides is 1. The second-order valence-electron chi connectivity index (χ2n) is 7.79. The minimum atomic E-state index is -0.567. The summed E-state index contributed by atoms with van der Waals surface area (Å²) < 4.78 is 27.3. The van der Waals surface area contributed by atoms with Crippen LogP contribution in [-0.4, -0.2) is 47.9 Å². The summed E-state index contributed by atoms with van der Waals surface area (Å²) in [6, 6.07) is 3.10. The van der Waals surface area contributed by atoms with Crippen molar-refractivity contribution >= 4 is 5.91 Å². The van der Waals surface area contributed by atoms with E-state index >= 15 is 0 Å². The van der Waals surface area contributed by atoms with Gasteiger partial charge in [-0.05, 0) is 17.9 Å². The van der Waals surface area contributed by atoms with Gasteiger partial charge in [0, 0.05) is 43.9 Å². The van der Waals surface area contributed by atoms with Crippen LogP contribution < -0.4 is 5.73 Å². The van der Waals surface area contributed by atoms with E-state index in [0.717, 1.165) is 12.5 Å². The Bertz CT molecular complexity index is 607. The Morgan fingerprint density at radius 3 is 2.28 bits per heavy atom. The zero-order chi connectivity index (χ0) is 18.8. The molecule has 6 heteroatoms. The molecule has 0 spiro atoms. The van der Waals surface area contributed by atoms with Crippen LogP contribution in [0.15, 0.2) is 18.2 Å². The number of benzene rings is 1. The van der Waals surface area contributed by atoms with Gasteiger partial charge >= 0.3 is 0 Å². The first kappa shape index (κ1) is 19.8. The molecule has 2 rings (SSSR count). The number of rotatable bonds is 4. The summed E-state index contributed by atoms with van der Waals surface area (Å²) in [5, 5.41) is 0. The van der Waals surface area contributed by atoms with Crippen molar-refractivity contribution in [2.45, 2.75) is 46.2 Å². The molecule has 2 atom stereocenters. The summed E-state index contributed by atoms with van der Waals surface area (Å²) in [6.45, 7) is 10.3.